The molecule has 0 spiro atoms. The summed E-state index contributed by atoms with van der Waals surface area (Å²) >= 11 is 6.23. The van der Waals surface area contributed by atoms with Crippen LogP contribution in [-0.4, -0.2) is 82.7 Å². The first kappa shape index (κ1) is 37.0. The van der Waals surface area contributed by atoms with E-state index in [0.29, 0.717) is 40.7 Å². The number of hydrogen-bond donors (Lipinski definition) is 1. The molecule has 0 bridgehead atoms. The fraction of sp³-hybridized carbons (Fsp3) is 0.500. The van der Waals surface area contributed by atoms with Crippen LogP contribution in [0.4, 0.5) is 5.82 Å². The molecule has 2 aliphatic heterocycles. The predicted molar refractivity (Wildman–Crippen MR) is 194 cm³/mol. The molecule has 0 radical (unpaired) electrons. The Hall–Kier alpha value is -4.80. The van der Waals surface area contributed by atoms with Crippen molar-refractivity contribution in [1.29, 1.82) is 5.26 Å². The van der Waals surface area contributed by atoms with Gasteiger partial charge in [-0.1, -0.05) is 39.3 Å². The van der Waals surface area contributed by atoms with E-state index in [1.807, 2.05) is 12.1 Å². The molecular weight excluding hydrogens is 686 g/mol. The van der Waals surface area contributed by atoms with Crippen LogP contribution in [-0.2, 0) is 9.59 Å². The van der Waals surface area contributed by atoms with E-state index in [1.165, 1.54) is 12.3 Å². The monoisotopic (exact) mass is 729 g/mol. The van der Waals surface area contributed by atoms with Gasteiger partial charge in [-0.2, -0.15) is 10.4 Å². The number of anilines is 1. The number of nitrogens with zero attached hydrogens (tertiary/aromatic N) is 6. The maximum absolute atomic E-state index is 13.5. The number of Topliss-reactive ketones (excluding diaryl/α,β-unsaturated/α-hetero) is 1. The molecule has 2 aromatic heterocycles. The van der Waals surface area contributed by atoms with Gasteiger partial charge in [0, 0.05) is 80.3 Å². The number of amides is 2. The number of imide groups is 1. The number of nitrogens with one attached hydrogen (secondary N) is 1. The van der Waals surface area contributed by atoms with E-state index >= 15 is 0 Å². The van der Waals surface area contributed by atoms with Crippen LogP contribution in [0.3, 0.4) is 0 Å². The second-order valence-corrected chi connectivity index (χ2v) is 15.4. The lowest BCUT2D eigenvalue weighted by Crippen LogP contribution is -2.66. The molecule has 6 rings (SSSR count). The van der Waals surface area contributed by atoms with E-state index in [-0.39, 0.29) is 47.4 Å². The van der Waals surface area contributed by atoms with Gasteiger partial charge in [0.1, 0.15) is 35.5 Å². The van der Waals surface area contributed by atoms with E-state index in [4.69, 9.17) is 21.1 Å². The highest BCUT2D eigenvalue weighted by molar-refractivity contribution is 6.31. The van der Waals surface area contributed by atoms with Gasteiger partial charge in [-0.15, -0.1) is 0 Å². The molecular formula is C38H44ClN7O6. The maximum atomic E-state index is 13.5. The van der Waals surface area contributed by atoms with Crippen LogP contribution in [0, 0.1) is 28.1 Å². The first-order valence-electron chi connectivity index (χ1n) is 17.7. The summed E-state index contributed by atoms with van der Waals surface area (Å²) in [4.78, 5) is 58.7. The normalized spacial score (nSPS) is 22.5. The summed E-state index contributed by atoms with van der Waals surface area (Å²) in [7, 11) is 0. The highest BCUT2D eigenvalue weighted by Crippen LogP contribution is 2.61. The predicted octanol–water partition coefficient (Wildman–Crippen LogP) is 4.43. The van der Waals surface area contributed by atoms with Crippen molar-refractivity contribution in [3.63, 3.8) is 0 Å². The Morgan fingerprint density at radius 1 is 1.02 bits per heavy atom. The number of piperazine rings is 1. The molecule has 13 nitrogen and oxygen atoms in total. The lowest BCUT2D eigenvalue weighted by molar-refractivity contribution is -0.196. The molecule has 1 aliphatic carbocycles. The topological polar surface area (TPSA) is 160 Å². The maximum Gasteiger partial charge on any atom is 0.271 e. The first-order chi connectivity index (χ1) is 24.8. The molecule has 2 amide bonds. The molecule has 1 N–H and O–H groups in total. The molecule has 1 saturated carbocycles. The fourth-order valence-corrected chi connectivity index (χ4v) is 8.37. The van der Waals surface area contributed by atoms with E-state index in [0.717, 1.165) is 49.6 Å². The summed E-state index contributed by atoms with van der Waals surface area (Å²) in [5.41, 5.74) is 0.0220. The Bertz CT molecular complexity index is 1910. The molecule has 3 aliphatic rings. The summed E-state index contributed by atoms with van der Waals surface area (Å²) in [5.74, 6) is 1.08. The molecule has 2 saturated heterocycles. The summed E-state index contributed by atoms with van der Waals surface area (Å²) < 4.78 is 13.2. The molecule has 3 aromatic rings. The summed E-state index contributed by atoms with van der Waals surface area (Å²) in [6.45, 7) is 13.1. The molecule has 274 valence electrons. The Morgan fingerprint density at radius 3 is 2.40 bits per heavy atom. The largest absolute Gasteiger partial charge is 0.492 e. The van der Waals surface area contributed by atoms with Crippen LogP contribution in [0.15, 0.2) is 53.6 Å². The fourth-order valence-electron chi connectivity index (χ4n) is 8.16. The number of pyridine rings is 1. The van der Waals surface area contributed by atoms with Crippen molar-refractivity contribution in [2.75, 3.05) is 44.2 Å². The third-order valence-corrected chi connectivity index (χ3v) is 11.1. The molecule has 52 heavy (non-hydrogen) atoms. The number of carbonyl (C=O) groups excluding carboxylic acids is 3. The lowest BCUT2D eigenvalue weighted by Gasteiger charge is -2.63. The van der Waals surface area contributed by atoms with Crippen molar-refractivity contribution in [3.8, 4) is 17.6 Å². The van der Waals surface area contributed by atoms with Crippen molar-refractivity contribution >= 4 is 35.0 Å². The number of benzene rings is 1. The highest BCUT2D eigenvalue weighted by atomic mass is 35.5. The number of nitriles is 1. The molecule has 4 heterocycles. The third-order valence-electron chi connectivity index (χ3n) is 10.8. The summed E-state index contributed by atoms with van der Waals surface area (Å²) in [6, 6.07) is 11.5. The minimum atomic E-state index is -0.801. The Kier molecular flexibility index (Phi) is 10.7. The Balaban J connectivity index is 0.932. The number of piperidine rings is 1. The van der Waals surface area contributed by atoms with Gasteiger partial charge in [-0.25, -0.2) is 9.67 Å². The van der Waals surface area contributed by atoms with Gasteiger partial charge < -0.3 is 14.4 Å². The lowest BCUT2D eigenvalue weighted by atomic mass is 9.44. The minimum absolute atomic E-state index is 0.0587. The molecule has 1 unspecified atom stereocenters. The van der Waals surface area contributed by atoms with Gasteiger partial charge in [0.05, 0.1) is 23.4 Å². The standard InChI is InChI=1S/C38H44ClN7O6/c1-37(2)31(38(3,4)36(37)52-26-8-6-24(21-40)28(39)18-26)20-30(47)25-7-10-32(41-22-25)45-15-13-44(14-16-45)12-5-17-51-27-19-34(49)46(42-23-27)29-9-11-33(48)43-35(29)50/h6-8,10,18-19,22-23,29,31,36H,5,9,11-17,20H2,1-4H3,(H,43,48,50). The van der Waals surface area contributed by atoms with Gasteiger partial charge in [0.2, 0.25) is 5.91 Å². The number of aromatic nitrogens is 3. The van der Waals surface area contributed by atoms with Crippen LogP contribution < -0.4 is 25.2 Å². The van der Waals surface area contributed by atoms with Crippen molar-refractivity contribution < 1.29 is 23.9 Å². The van der Waals surface area contributed by atoms with Crippen molar-refractivity contribution in [1.82, 2.24) is 25.0 Å². The number of ether oxygens (including phenoxy) is 2. The zero-order chi connectivity index (χ0) is 37.2. The zero-order valence-electron chi connectivity index (χ0n) is 29.9. The number of hydrogen-bond acceptors (Lipinski definition) is 11. The number of rotatable bonds is 12. The van der Waals surface area contributed by atoms with Gasteiger partial charge in [0.15, 0.2) is 5.78 Å². The Labute approximate surface area is 307 Å². The molecule has 14 heteroatoms. The minimum Gasteiger partial charge on any atom is -0.492 e. The number of carbonyl (C=O) groups is 3. The van der Waals surface area contributed by atoms with Crippen LogP contribution in [0.1, 0.15) is 75.3 Å². The molecule has 1 atom stereocenters. The zero-order valence-corrected chi connectivity index (χ0v) is 30.7. The number of ketones is 1. The quantitative estimate of drug-likeness (QED) is 0.160. The second kappa shape index (κ2) is 15.0. The van der Waals surface area contributed by atoms with Gasteiger partial charge >= 0.3 is 0 Å². The Morgan fingerprint density at radius 2 is 1.77 bits per heavy atom. The van der Waals surface area contributed by atoms with E-state index in [2.05, 4.69) is 59.0 Å². The van der Waals surface area contributed by atoms with Gasteiger partial charge in [0.25, 0.3) is 11.5 Å². The second-order valence-electron chi connectivity index (χ2n) is 15.0. The highest BCUT2D eigenvalue weighted by Gasteiger charge is 2.63. The van der Waals surface area contributed by atoms with Crippen LogP contribution in [0.2, 0.25) is 5.02 Å². The average molecular weight is 730 g/mol. The first-order valence-corrected chi connectivity index (χ1v) is 18.0. The van der Waals surface area contributed by atoms with Gasteiger partial charge in [-0.05, 0) is 43.0 Å². The summed E-state index contributed by atoms with van der Waals surface area (Å²) in [6.07, 6.45) is 4.52. The van der Waals surface area contributed by atoms with Crippen molar-refractivity contribution in [2.24, 2.45) is 16.7 Å². The van der Waals surface area contributed by atoms with Crippen LogP contribution in [0.25, 0.3) is 0 Å². The SMILES string of the molecule is CC1(C)C(CC(=O)c2ccc(N3CCN(CCCOc4cnn(C5CCC(=O)NC5=O)c(=O)c4)CC3)nc2)C(C)(C)C1Oc1ccc(C#N)c(Cl)c1. The van der Waals surface area contributed by atoms with Crippen molar-refractivity contribution in [2.45, 2.75) is 65.5 Å². The number of halogens is 1. The average Bonchev–Trinajstić information content (AvgIpc) is 3.12. The van der Waals surface area contributed by atoms with Crippen molar-refractivity contribution in [3.05, 3.63) is 75.3 Å². The van der Waals surface area contributed by atoms with E-state index in [9.17, 15) is 24.4 Å². The van der Waals surface area contributed by atoms with Crippen LogP contribution in [0.5, 0.6) is 11.5 Å². The van der Waals surface area contributed by atoms with E-state index < -0.39 is 17.5 Å². The van der Waals surface area contributed by atoms with Crippen LogP contribution >= 0.6 is 11.6 Å². The molecule has 1 aromatic carbocycles. The smallest absolute Gasteiger partial charge is 0.271 e. The van der Waals surface area contributed by atoms with Gasteiger partial charge in [-0.3, -0.25) is 29.4 Å². The molecule has 3 fully saturated rings. The summed E-state index contributed by atoms with van der Waals surface area (Å²) in [5, 5.41) is 15.9. The van der Waals surface area contributed by atoms with E-state index in [1.54, 1.807) is 24.4 Å². The third kappa shape index (κ3) is 7.68.